The van der Waals surface area contributed by atoms with E-state index in [0.717, 1.165) is 11.1 Å². The molecule has 0 aliphatic carbocycles. The van der Waals surface area contributed by atoms with Gasteiger partial charge < -0.3 is 57.5 Å². The molecule has 0 aliphatic heterocycles. The first-order valence-corrected chi connectivity index (χ1v) is 22.4. The Morgan fingerprint density at radius 2 is 0.807 bits per heavy atom. The zero-order valence-electron chi connectivity index (χ0n) is 34.1. The molecular formula is C41H56N4O10Si2. The smallest absolute Gasteiger partial charge is 0.478 e. The average Bonchev–Trinajstić information content (AvgIpc) is 3.17. The highest BCUT2D eigenvalue weighted by Crippen LogP contribution is 2.40. The van der Waals surface area contributed by atoms with Crippen molar-refractivity contribution < 1.29 is 45.0 Å². The van der Waals surface area contributed by atoms with Crippen molar-refractivity contribution >= 4 is 52.7 Å². The Bertz CT molecular complexity index is 1760. The highest BCUT2D eigenvalue weighted by molar-refractivity contribution is 6.55. The van der Waals surface area contributed by atoms with E-state index in [4.69, 9.17) is 46.9 Å². The number of nitrogens with one attached hydrogen (secondary N) is 2. The predicted molar refractivity (Wildman–Crippen MR) is 225 cm³/mol. The number of carbonyl (C=O) groups is 2. The maximum absolute atomic E-state index is 13.6. The molecule has 308 valence electrons. The van der Waals surface area contributed by atoms with Crippen LogP contribution in [0.4, 0.5) is 22.7 Å². The van der Waals surface area contributed by atoms with E-state index in [1.807, 2.05) is 79.7 Å². The van der Waals surface area contributed by atoms with Crippen LogP contribution < -0.4 is 31.0 Å². The highest BCUT2D eigenvalue weighted by Gasteiger charge is 2.49. The number of nitrogen functional groups attached to an aromatic ring is 2. The number of hydrogen-bond acceptors (Lipinski definition) is 12. The Hall–Kier alpha value is -4.79. The van der Waals surface area contributed by atoms with Crippen molar-refractivity contribution in [3.8, 4) is 11.5 Å². The summed E-state index contributed by atoms with van der Waals surface area (Å²) in [6, 6.07) is 24.2. The van der Waals surface area contributed by atoms with Gasteiger partial charge in [0.1, 0.15) is 11.5 Å². The zero-order valence-corrected chi connectivity index (χ0v) is 36.1. The predicted octanol–water partition coefficient (Wildman–Crippen LogP) is 7.53. The van der Waals surface area contributed by atoms with Crippen molar-refractivity contribution in [1.29, 1.82) is 0 Å². The molecule has 4 rings (SSSR count). The van der Waals surface area contributed by atoms with Crippen LogP contribution in [0.1, 0.15) is 87.2 Å². The summed E-state index contributed by atoms with van der Waals surface area (Å²) in [6.45, 7) is 16.7. The van der Waals surface area contributed by atoms with E-state index in [2.05, 4.69) is 10.6 Å². The van der Waals surface area contributed by atoms with Gasteiger partial charge in [0.05, 0.1) is 11.4 Å². The van der Waals surface area contributed by atoms with Crippen molar-refractivity contribution in [3.63, 3.8) is 0 Å². The molecule has 4 aromatic rings. The van der Waals surface area contributed by atoms with Gasteiger partial charge in [0.15, 0.2) is 0 Å². The minimum absolute atomic E-state index is 0.282. The molecule has 0 saturated heterocycles. The van der Waals surface area contributed by atoms with E-state index in [1.54, 1.807) is 60.7 Å². The topological polar surface area (TPSA) is 184 Å². The molecule has 0 bridgehead atoms. The lowest BCUT2D eigenvalue weighted by Gasteiger charge is -2.31. The van der Waals surface area contributed by atoms with E-state index in [-0.39, 0.29) is 51.5 Å². The quantitative estimate of drug-likeness (QED) is 0.0452. The second-order valence-electron chi connectivity index (χ2n) is 13.0. The van der Waals surface area contributed by atoms with Crippen molar-refractivity contribution in [2.75, 3.05) is 61.7 Å². The van der Waals surface area contributed by atoms with Crippen LogP contribution in [0.25, 0.3) is 0 Å². The number of benzene rings is 4. The van der Waals surface area contributed by atoms with Gasteiger partial charge in [-0.25, -0.2) is 0 Å². The number of carbonyl (C=O) groups excluding carboxylic acids is 2. The molecule has 57 heavy (non-hydrogen) atoms. The fraction of sp³-hybridized carbons (Fsp3) is 0.366. The normalized spacial score (nSPS) is 11.9. The first-order chi connectivity index (χ1) is 27.3. The lowest BCUT2D eigenvalue weighted by atomic mass is 9.77. The first kappa shape index (κ1) is 44.9. The minimum Gasteiger partial charge on any atom is -0.478 e. The molecule has 0 aliphatic rings. The van der Waals surface area contributed by atoms with E-state index in [1.165, 1.54) is 0 Å². The molecule has 2 amide bonds. The third-order valence-corrected chi connectivity index (χ3v) is 13.4. The average molecular weight is 821 g/mol. The first-order valence-electron chi connectivity index (χ1n) is 19.1. The maximum Gasteiger partial charge on any atom is 0.749 e. The number of hydrogen-bond donors (Lipinski definition) is 4. The molecule has 0 atom stereocenters. The fourth-order valence-corrected chi connectivity index (χ4v) is 9.66. The lowest BCUT2D eigenvalue weighted by molar-refractivity contribution is 0.00887. The van der Waals surface area contributed by atoms with Crippen LogP contribution in [0, 0.1) is 0 Å². The van der Waals surface area contributed by atoms with E-state index in [0.29, 0.717) is 45.4 Å². The monoisotopic (exact) mass is 820 g/mol. The Labute approximate surface area is 338 Å². The number of anilines is 4. The molecule has 16 heteroatoms. The van der Waals surface area contributed by atoms with E-state index < -0.39 is 23.5 Å². The summed E-state index contributed by atoms with van der Waals surface area (Å²) in [6.07, 6.45) is 0. The van der Waals surface area contributed by atoms with Crippen LogP contribution in [0.15, 0.2) is 84.9 Å². The molecule has 0 spiro atoms. The fourth-order valence-electron chi connectivity index (χ4n) is 5.79. The van der Waals surface area contributed by atoms with Gasteiger partial charge in [-0.1, -0.05) is 26.0 Å². The Kier molecular flexibility index (Phi) is 16.2. The van der Waals surface area contributed by atoms with Gasteiger partial charge in [0.2, 0.25) is 0 Å². The van der Waals surface area contributed by atoms with Gasteiger partial charge in [-0.3, -0.25) is 9.59 Å². The third-order valence-electron chi connectivity index (χ3n) is 8.64. The van der Waals surface area contributed by atoms with Crippen molar-refractivity contribution in [2.24, 2.45) is 0 Å². The molecule has 0 saturated carbocycles. The summed E-state index contributed by atoms with van der Waals surface area (Å²) in [7, 11) is -7.38. The summed E-state index contributed by atoms with van der Waals surface area (Å²) in [5, 5.41) is 6.03. The van der Waals surface area contributed by atoms with Crippen LogP contribution in [-0.2, 0) is 32.0 Å². The van der Waals surface area contributed by atoms with Gasteiger partial charge in [0, 0.05) is 67.6 Å². The molecule has 6 N–H and O–H groups in total. The molecule has 0 unspecified atom stereocenters. The molecule has 0 radical (unpaired) electrons. The van der Waals surface area contributed by atoms with Crippen molar-refractivity contribution in [1.82, 2.24) is 0 Å². The van der Waals surface area contributed by atoms with Gasteiger partial charge in [-0.2, -0.15) is 0 Å². The largest absolute Gasteiger partial charge is 0.749 e. The second kappa shape index (κ2) is 20.6. The van der Waals surface area contributed by atoms with Gasteiger partial charge in [-0.05, 0) is 125 Å². The number of amides is 2. The van der Waals surface area contributed by atoms with Crippen LogP contribution in [-0.4, -0.2) is 69.6 Å². The zero-order chi connectivity index (χ0) is 41.6. The molecule has 4 aromatic carbocycles. The van der Waals surface area contributed by atoms with Crippen LogP contribution in [0.3, 0.4) is 0 Å². The summed E-state index contributed by atoms with van der Waals surface area (Å²) in [5.74, 6) is -0.175. The molecule has 0 aromatic heterocycles. The van der Waals surface area contributed by atoms with E-state index in [9.17, 15) is 9.59 Å². The van der Waals surface area contributed by atoms with Crippen LogP contribution in [0.5, 0.6) is 11.5 Å². The highest BCUT2D eigenvalue weighted by atomic mass is 28.4. The number of nitrogens with two attached hydrogens (primary N) is 2. The lowest BCUT2D eigenvalue weighted by Crippen LogP contribution is -2.52. The van der Waals surface area contributed by atoms with Crippen LogP contribution >= 0.6 is 0 Å². The van der Waals surface area contributed by atoms with Crippen molar-refractivity contribution in [2.45, 2.75) is 60.8 Å². The standard InChI is InChI=1S/C41H56N4O10Si2/c1-9-48-56(49-10-2,50-11-3)54-37-25-19-31(27-35(37)44-39(46)29-15-21-33(42)22-16-29)41(7,8)32-20-26-38(55-57(51-12-4,52-13-5)53-14-6)36(28-32)45-40(47)30-17-23-34(43)24-18-30/h15-28H,9-14,42-43H2,1-8H3,(H,44,46)(H,45,47). The maximum atomic E-state index is 13.6. The summed E-state index contributed by atoms with van der Waals surface area (Å²) in [4.78, 5) is 27.3. The molecule has 0 fully saturated rings. The third kappa shape index (κ3) is 11.6. The number of rotatable bonds is 22. The van der Waals surface area contributed by atoms with Crippen LogP contribution in [0.2, 0.25) is 0 Å². The molecular weight excluding hydrogens is 765 g/mol. The molecule has 0 heterocycles. The second-order valence-corrected chi connectivity index (χ2v) is 17.1. The van der Waals surface area contributed by atoms with Crippen molar-refractivity contribution in [3.05, 3.63) is 107 Å². The molecule has 14 nitrogen and oxygen atoms in total. The van der Waals surface area contributed by atoms with Gasteiger partial charge in [-0.15, -0.1) is 0 Å². The van der Waals surface area contributed by atoms with E-state index >= 15 is 0 Å². The summed E-state index contributed by atoms with van der Waals surface area (Å²) in [5.41, 5.74) is 15.2. The Balaban J connectivity index is 1.84. The Morgan fingerprint density at radius 1 is 0.509 bits per heavy atom. The summed E-state index contributed by atoms with van der Waals surface area (Å²) >= 11 is 0. The van der Waals surface area contributed by atoms with Gasteiger partial charge in [0.25, 0.3) is 11.8 Å². The Morgan fingerprint density at radius 3 is 1.09 bits per heavy atom. The van der Waals surface area contributed by atoms with Gasteiger partial charge >= 0.3 is 18.1 Å². The SMILES string of the molecule is CCO[Si](OCC)(OCC)Oc1ccc(C(C)(C)c2ccc(O[Si](OCC)(OCC)OCC)c(NC(=O)c3ccc(N)cc3)c2)cc1NC(=O)c1ccc(N)cc1. The summed E-state index contributed by atoms with van der Waals surface area (Å²) < 4.78 is 48.8. The minimum atomic E-state index is -3.69.